The van der Waals surface area contributed by atoms with Crippen LogP contribution in [0.4, 0.5) is 4.79 Å². The van der Waals surface area contributed by atoms with Crippen LogP contribution in [0.2, 0.25) is 5.02 Å². The monoisotopic (exact) mass is 436 g/mol. The molecule has 5 heteroatoms. The number of hydrogen-bond donors (Lipinski definition) is 1. The van der Waals surface area contributed by atoms with Gasteiger partial charge in [0.15, 0.2) is 0 Å². The largest absolute Gasteiger partial charge is 0.465 e. The second-order valence-electron chi connectivity index (χ2n) is 10.1. The molecule has 4 fully saturated rings. The number of piperidine rings is 3. The third-order valence-corrected chi connectivity index (χ3v) is 8.71. The van der Waals surface area contributed by atoms with Gasteiger partial charge in [-0.25, -0.2) is 4.79 Å². The normalized spacial score (nSPS) is 30.1. The predicted molar refractivity (Wildman–Crippen MR) is 122 cm³/mol. The first-order chi connectivity index (χ1) is 15.0. The molecule has 2 atom stereocenters. The van der Waals surface area contributed by atoms with Crippen LogP contribution in [0, 0.1) is 11.3 Å². The van der Waals surface area contributed by atoms with E-state index in [1.54, 1.807) is 0 Å². The molecule has 5 aliphatic rings. The summed E-state index contributed by atoms with van der Waals surface area (Å²) in [6, 6.07) is 14.8. The van der Waals surface area contributed by atoms with Gasteiger partial charge in [0.25, 0.3) is 0 Å². The van der Waals surface area contributed by atoms with E-state index in [1.165, 1.54) is 16.7 Å². The Hall–Kier alpha value is -2.04. The van der Waals surface area contributed by atoms with Crippen LogP contribution in [0.15, 0.2) is 42.5 Å². The van der Waals surface area contributed by atoms with Gasteiger partial charge in [-0.2, -0.15) is 0 Å². The van der Waals surface area contributed by atoms with Crippen molar-refractivity contribution in [3.63, 3.8) is 0 Å². The Labute approximate surface area is 188 Å². The van der Waals surface area contributed by atoms with Crippen molar-refractivity contribution in [1.82, 2.24) is 9.80 Å². The second-order valence-corrected chi connectivity index (χ2v) is 10.5. The molecule has 1 saturated carbocycles. The highest BCUT2D eigenvalue weighted by molar-refractivity contribution is 6.30. The van der Waals surface area contributed by atoms with E-state index >= 15 is 0 Å². The molecule has 1 N–H and O–H groups in total. The molecule has 0 aromatic heterocycles. The number of benzene rings is 2. The van der Waals surface area contributed by atoms with Gasteiger partial charge in [0, 0.05) is 11.6 Å². The van der Waals surface area contributed by atoms with Crippen molar-refractivity contribution in [3.05, 3.63) is 58.6 Å². The fraction of sp³-hybridized carbons (Fsp3) is 0.500. The maximum Gasteiger partial charge on any atom is 0.408 e. The maximum absolute atomic E-state index is 12.7. The lowest BCUT2D eigenvalue weighted by Crippen LogP contribution is -2.60. The van der Waals surface area contributed by atoms with Crippen molar-refractivity contribution in [2.24, 2.45) is 11.3 Å². The van der Waals surface area contributed by atoms with Gasteiger partial charge in [-0.1, -0.05) is 41.9 Å². The van der Waals surface area contributed by atoms with Crippen molar-refractivity contribution in [2.45, 2.75) is 50.6 Å². The lowest BCUT2D eigenvalue weighted by Gasteiger charge is -2.52. The average Bonchev–Trinajstić information content (AvgIpc) is 3.57. The van der Waals surface area contributed by atoms with Crippen LogP contribution in [0.25, 0.3) is 11.1 Å². The van der Waals surface area contributed by atoms with Crippen molar-refractivity contribution >= 4 is 17.7 Å². The summed E-state index contributed by atoms with van der Waals surface area (Å²) < 4.78 is 0. The molecule has 31 heavy (non-hydrogen) atoms. The summed E-state index contributed by atoms with van der Waals surface area (Å²) in [5.41, 5.74) is 5.07. The quantitative estimate of drug-likeness (QED) is 0.656. The lowest BCUT2D eigenvalue weighted by molar-refractivity contribution is -0.0243. The number of nitrogens with zero attached hydrogens (tertiary/aromatic N) is 2. The Balaban J connectivity index is 1.40. The van der Waals surface area contributed by atoms with Crippen LogP contribution in [-0.2, 0) is 6.42 Å². The molecular formula is C26H29ClN2O2. The number of amides is 1. The number of hydrogen-bond acceptors (Lipinski definition) is 2. The van der Waals surface area contributed by atoms with Gasteiger partial charge in [-0.15, -0.1) is 0 Å². The molecule has 2 aliphatic carbocycles. The smallest absolute Gasteiger partial charge is 0.408 e. The summed E-state index contributed by atoms with van der Waals surface area (Å²) in [6.07, 6.45) is 5.99. The summed E-state index contributed by atoms with van der Waals surface area (Å²) >= 11 is 6.07. The molecule has 1 unspecified atom stereocenters. The summed E-state index contributed by atoms with van der Waals surface area (Å²) in [7, 11) is 0. The number of aryl methyl sites for hydroxylation is 1. The molecule has 2 bridgehead atoms. The molecule has 1 spiro atoms. The number of fused-ring (bicyclic) bond motifs is 4. The minimum atomic E-state index is -0.732. The molecule has 3 saturated heterocycles. The summed E-state index contributed by atoms with van der Waals surface area (Å²) in [5, 5.41) is 11.2. The molecule has 2 aromatic rings. The highest BCUT2D eigenvalue weighted by Crippen LogP contribution is 2.63. The van der Waals surface area contributed by atoms with Gasteiger partial charge in [0.1, 0.15) is 0 Å². The van der Waals surface area contributed by atoms with Crippen molar-refractivity contribution in [2.75, 3.05) is 19.6 Å². The van der Waals surface area contributed by atoms with Gasteiger partial charge in [-0.05, 0) is 97.3 Å². The van der Waals surface area contributed by atoms with Gasteiger partial charge >= 0.3 is 6.09 Å². The highest BCUT2D eigenvalue weighted by atomic mass is 35.5. The third-order valence-electron chi connectivity index (χ3n) is 8.46. The van der Waals surface area contributed by atoms with Crippen LogP contribution in [0.5, 0.6) is 0 Å². The van der Waals surface area contributed by atoms with E-state index in [9.17, 15) is 9.90 Å². The van der Waals surface area contributed by atoms with E-state index in [2.05, 4.69) is 35.2 Å². The number of halogens is 1. The van der Waals surface area contributed by atoms with Crippen molar-refractivity contribution < 1.29 is 9.90 Å². The number of carboxylic acid groups (broad SMARTS) is 1. The molecule has 1 amide bonds. The van der Waals surface area contributed by atoms with Gasteiger partial charge in [0.2, 0.25) is 0 Å². The Morgan fingerprint density at radius 3 is 2.35 bits per heavy atom. The molecule has 4 nitrogen and oxygen atoms in total. The molecule has 0 radical (unpaired) electrons. The zero-order chi connectivity index (χ0) is 21.2. The fourth-order valence-electron chi connectivity index (χ4n) is 6.58. The van der Waals surface area contributed by atoms with Crippen LogP contribution in [0.1, 0.15) is 49.3 Å². The molecule has 162 valence electrons. The zero-order valence-electron chi connectivity index (χ0n) is 17.8. The van der Waals surface area contributed by atoms with Crippen LogP contribution < -0.4 is 0 Å². The average molecular weight is 437 g/mol. The van der Waals surface area contributed by atoms with Gasteiger partial charge in [-0.3, -0.25) is 4.90 Å². The van der Waals surface area contributed by atoms with Crippen LogP contribution >= 0.6 is 11.6 Å². The molecule has 3 aliphatic heterocycles. The maximum atomic E-state index is 12.7. The SMILES string of the molecule is O=C(O)N(C1CN2CCC1CC2)[C@@H]1c2ccc(-c3ccc(Cl)cc3)cc2CCC12CC2. The number of rotatable bonds is 3. The Bertz CT molecular complexity index is 1010. The van der Waals surface area contributed by atoms with Crippen molar-refractivity contribution in [1.29, 1.82) is 0 Å². The zero-order valence-corrected chi connectivity index (χ0v) is 18.5. The summed E-state index contributed by atoms with van der Waals surface area (Å²) in [4.78, 5) is 17.1. The van der Waals surface area contributed by atoms with E-state index in [1.807, 2.05) is 17.0 Å². The Kier molecular flexibility index (Phi) is 4.59. The summed E-state index contributed by atoms with van der Waals surface area (Å²) in [6.45, 7) is 3.17. The second kappa shape index (κ2) is 7.25. The van der Waals surface area contributed by atoms with Crippen LogP contribution in [-0.4, -0.2) is 46.7 Å². The molecule has 3 heterocycles. The minimum Gasteiger partial charge on any atom is -0.465 e. The standard InChI is InChI=1S/C26H29ClN2O2/c27-21-4-1-17(2-5-21)19-3-6-22-20(15-19)7-10-26(11-12-26)24(22)29(25(30)31)23-16-28-13-8-18(23)9-14-28/h1-6,15,18,23-24H,7-14,16H2,(H,30,31)/t23?,24-/m1/s1. The Morgan fingerprint density at radius 2 is 1.74 bits per heavy atom. The summed E-state index contributed by atoms with van der Waals surface area (Å²) in [5.74, 6) is 0.510. The highest BCUT2D eigenvalue weighted by Gasteiger charge is 2.57. The molecule has 2 aromatic carbocycles. The topological polar surface area (TPSA) is 43.8 Å². The van der Waals surface area contributed by atoms with Crippen molar-refractivity contribution in [3.8, 4) is 11.1 Å². The fourth-order valence-corrected chi connectivity index (χ4v) is 6.71. The first kappa shape index (κ1) is 19.6. The third kappa shape index (κ3) is 3.27. The number of carbonyl (C=O) groups is 1. The first-order valence-corrected chi connectivity index (χ1v) is 12.0. The predicted octanol–water partition coefficient (Wildman–Crippen LogP) is 5.85. The minimum absolute atomic E-state index is 0.00133. The molecular weight excluding hydrogens is 408 g/mol. The van der Waals surface area contributed by atoms with E-state index in [0.29, 0.717) is 5.92 Å². The molecule has 7 rings (SSSR count). The first-order valence-electron chi connectivity index (χ1n) is 11.7. The van der Waals surface area contributed by atoms with E-state index in [4.69, 9.17) is 11.6 Å². The van der Waals surface area contributed by atoms with Gasteiger partial charge in [0.05, 0.1) is 12.1 Å². The lowest BCUT2D eigenvalue weighted by atomic mass is 9.73. The van der Waals surface area contributed by atoms with Crippen LogP contribution in [0.3, 0.4) is 0 Å². The Morgan fingerprint density at radius 1 is 1.03 bits per heavy atom. The van der Waals surface area contributed by atoms with E-state index in [-0.39, 0.29) is 17.5 Å². The van der Waals surface area contributed by atoms with E-state index in [0.717, 1.165) is 68.7 Å². The van der Waals surface area contributed by atoms with E-state index < -0.39 is 6.09 Å². The van der Waals surface area contributed by atoms with Gasteiger partial charge < -0.3 is 10.0 Å².